The Bertz CT molecular complexity index is 457. The molecule has 0 unspecified atom stereocenters. The fourth-order valence-corrected chi connectivity index (χ4v) is 2.13. The first-order valence-electron chi connectivity index (χ1n) is 5.86. The van der Waals surface area contributed by atoms with E-state index in [0.717, 1.165) is 0 Å². The summed E-state index contributed by atoms with van der Waals surface area (Å²) in [6.07, 6.45) is 0.0230. The first kappa shape index (κ1) is 11.9. The van der Waals surface area contributed by atoms with Gasteiger partial charge >= 0.3 is 0 Å². The maximum Gasteiger partial charge on any atom is 0.107 e. The third kappa shape index (κ3) is 2.75. The number of hydrogen-bond donors (Lipinski definition) is 0. The zero-order chi connectivity index (χ0) is 12.3. The van der Waals surface area contributed by atoms with Gasteiger partial charge in [0, 0.05) is 7.11 Å². The Morgan fingerprint density at radius 3 is 1.65 bits per heavy atom. The van der Waals surface area contributed by atoms with Crippen LogP contribution in [0.2, 0.25) is 0 Å². The zero-order valence-corrected chi connectivity index (χ0v) is 10.6. The molecule has 0 heterocycles. The predicted molar refractivity (Wildman–Crippen MR) is 71.2 cm³/mol. The van der Waals surface area contributed by atoms with Crippen molar-refractivity contribution in [2.75, 3.05) is 7.11 Å². The molecule has 0 saturated carbocycles. The number of hydrogen-bond acceptors (Lipinski definition) is 1. The van der Waals surface area contributed by atoms with Crippen molar-refractivity contribution in [3.63, 3.8) is 0 Å². The van der Waals surface area contributed by atoms with Crippen LogP contribution in [-0.2, 0) is 4.74 Å². The highest BCUT2D eigenvalue weighted by molar-refractivity contribution is 5.34. The van der Waals surface area contributed by atoms with E-state index < -0.39 is 0 Å². The molecule has 1 nitrogen and oxygen atoms in total. The van der Waals surface area contributed by atoms with Crippen molar-refractivity contribution >= 4 is 0 Å². The third-order valence-corrected chi connectivity index (χ3v) is 2.93. The van der Waals surface area contributed by atoms with Gasteiger partial charge in [-0.15, -0.1) is 0 Å². The summed E-state index contributed by atoms with van der Waals surface area (Å²) in [5, 5.41) is 0. The molecule has 0 N–H and O–H groups in total. The van der Waals surface area contributed by atoms with Gasteiger partial charge in [0.25, 0.3) is 0 Å². The van der Waals surface area contributed by atoms with Crippen LogP contribution in [0.3, 0.4) is 0 Å². The Morgan fingerprint density at radius 1 is 0.824 bits per heavy atom. The molecule has 0 bridgehead atoms. The van der Waals surface area contributed by atoms with Crippen molar-refractivity contribution in [1.29, 1.82) is 0 Å². The van der Waals surface area contributed by atoms with E-state index in [1.165, 1.54) is 22.3 Å². The molecule has 0 aliphatic heterocycles. The standard InChI is InChI=1S/C16H18O/c1-12-6-4-8-14(10-12)16(17-3)15-9-5-7-13(2)11-15/h4-11,16H,1-3H3. The van der Waals surface area contributed by atoms with Gasteiger partial charge in [-0.3, -0.25) is 0 Å². The second-order valence-corrected chi connectivity index (χ2v) is 4.44. The van der Waals surface area contributed by atoms with E-state index in [0.29, 0.717) is 0 Å². The Balaban J connectivity index is 2.40. The van der Waals surface area contributed by atoms with E-state index in [1.807, 2.05) is 0 Å². The largest absolute Gasteiger partial charge is 0.372 e. The number of benzene rings is 2. The lowest BCUT2D eigenvalue weighted by Crippen LogP contribution is -2.03. The molecule has 2 rings (SSSR count). The van der Waals surface area contributed by atoms with E-state index in [1.54, 1.807) is 7.11 Å². The van der Waals surface area contributed by atoms with E-state index in [2.05, 4.69) is 62.4 Å². The normalized spacial score (nSPS) is 10.8. The van der Waals surface area contributed by atoms with Gasteiger partial charge in [-0.05, 0) is 25.0 Å². The van der Waals surface area contributed by atoms with Crippen LogP contribution in [0.25, 0.3) is 0 Å². The average molecular weight is 226 g/mol. The molecular formula is C16H18O. The minimum atomic E-state index is 0.0230. The summed E-state index contributed by atoms with van der Waals surface area (Å²) in [5.74, 6) is 0. The molecule has 0 aliphatic carbocycles. The number of aryl methyl sites for hydroxylation is 2. The Morgan fingerprint density at radius 2 is 1.29 bits per heavy atom. The molecule has 0 radical (unpaired) electrons. The van der Waals surface area contributed by atoms with Crippen LogP contribution in [0.5, 0.6) is 0 Å². The molecule has 1 heteroatoms. The summed E-state index contributed by atoms with van der Waals surface area (Å²) in [7, 11) is 1.76. The Kier molecular flexibility index (Phi) is 3.60. The van der Waals surface area contributed by atoms with Crippen molar-refractivity contribution in [3.05, 3.63) is 70.8 Å². The summed E-state index contributed by atoms with van der Waals surface area (Å²) >= 11 is 0. The van der Waals surface area contributed by atoms with Crippen molar-refractivity contribution < 1.29 is 4.74 Å². The summed E-state index contributed by atoms with van der Waals surface area (Å²) in [4.78, 5) is 0. The Labute approximate surface area is 103 Å². The smallest absolute Gasteiger partial charge is 0.107 e. The van der Waals surface area contributed by atoms with Gasteiger partial charge in [0.05, 0.1) is 0 Å². The Hall–Kier alpha value is -1.60. The van der Waals surface area contributed by atoms with Crippen molar-refractivity contribution in [2.45, 2.75) is 20.0 Å². The summed E-state index contributed by atoms with van der Waals surface area (Å²) in [6.45, 7) is 4.21. The van der Waals surface area contributed by atoms with Crippen LogP contribution in [0.15, 0.2) is 48.5 Å². The van der Waals surface area contributed by atoms with Crippen LogP contribution in [-0.4, -0.2) is 7.11 Å². The summed E-state index contributed by atoms with van der Waals surface area (Å²) in [5.41, 5.74) is 4.94. The lowest BCUT2D eigenvalue weighted by atomic mass is 9.98. The fourth-order valence-electron chi connectivity index (χ4n) is 2.13. The summed E-state index contributed by atoms with van der Waals surface area (Å²) < 4.78 is 5.63. The van der Waals surface area contributed by atoms with Crippen LogP contribution in [0.4, 0.5) is 0 Å². The first-order valence-corrected chi connectivity index (χ1v) is 5.86. The lowest BCUT2D eigenvalue weighted by Gasteiger charge is -2.17. The van der Waals surface area contributed by atoms with Crippen LogP contribution >= 0.6 is 0 Å². The van der Waals surface area contributed by atoms with Gasteiger partial charge in [-0.1, -0.05) is 59.7 Å². The highest BCUT2D eigenvalue weighted by Gasteiger charge is 2.12. The molecule has 0 aliphatic rings. The molecular weight excluding hydrogens is 208 g/mol. The van der Waals surface area contributed by atoms with Gasteiger partial charge in [-0.25, -0.2) is 0 Å². The minimum absolute atomic E-state index is 0.0230. The highest BCUT2D eigenvalue weighted by Crippen LogP contribution is 2.26. The molecule has 0 fully saturated rings. The minimum Gasteiger partial charge on any atom is -0.372 e. The second-order valence-electron chi connectivity index (χ2n) is 4.44. The highest BCUT2D eigenvalue weighted by atomic mass is 16.5. The molecule has 0 atom stereocenters. The monoisotopic (exact) mass is 226 g/mol. The molecule has 88 valence electrons. The average Bonchev–Trinajstić information content (AvgIpc) is 2.30. The molecule has 2 aromatic rings. The molecule has 0 amide bonds. The summed E-state index contributed by atoms with van der Waals surface area (Å²) in [6, 6.07) is 16.9. The molecule has 0 saturated heterocycles. The van der Waals surface area contributed by atoms with Crippen LogP contribution in [0.1, 0.15) is 28.4 Å². The lowest BCUT2D eigenvalue weighted by molar-refractivity contribution is 0.136. The van der Waals surface area contributed by atoms with Crippen molar-refractivity contribution in [3.8, 4) is 0 Å². The second kappa shape index (κ2) is 5.15. The van der Waals surface area contributed by atoms with Gasteiger partial charge in [0.2, 0.25) is 0 Å². The van der Waals surface area contributed by atoms with Crippen molar-refractivity contribution in [1.82, 2.24) is 0 Å². The molecule has 0 spiro atoms. The van der Waals surface area contributed by atoms with E-state index in [4.69, 9.17) is 4.74 Å². The van der Waals surface area contributed by atoms with Crippen LogP contribution in [0, 0.1) is 13.8 Å². The number of ether oxygens (including phenoxy) is 1. The van der Waals surface area contributed by atoms with Crippen molar-refractivity contribution in [2.24, 2.45) is 0 Å². The van der Waals surface area contributed by atoms with Crippen LogP contribution < -0.4 is 0 Å². The van der Waals surface area contributed by atoms with E-state index >= 15 is 0 Å². The van der Waals surface area contributed by atoms with Gasteiger partial charge in [-0.2, -0.15) is 0 Å². The number of rotatable bonds is 3. The fraction of sp³-hybridized carbons (Fsp3) is 0.250. The molecule has 17 heavy (non-hydrogen) atoms. The van der Waals surface area contributed by atoms with Gasteiger partial charge < -0.3 is 4.74 Å². The van der Waals surface area contributed by atoms with Gasteiger partial charge in [0.1, 0.15) is 6.10 Å². The van der Waals surface area contributed by atoms with Gasteiger partial charge in [0.15, 0.2) is 0 Å². The topological polar surface area (TPSA) is 9.23 Å². The SMILES string of the molecule is COC(c1cccc(C)c1)c1cccc(C)c1. The molecule has 0 aromatic heterocycles. The third-order valence-electron chi connectivity index (χ3n) is 2.93. The zero-order valence-electron chi connectivity index (χ0n) is 10.6. The first-order chi connectivity index (χ1) is 8.20. The maximum atomic E-state index is 5.63. The van der Waals surface area contributed by atoms with E-state index in [-0.39, 0.29) is 6.10 Å². The number of methoxy groups -OCH3 is 1. The van der Waals surface area contributed by atoms with E-state index in [9.17, 15) is 0 Å². The maximum absolute atomic E-state index is 5.63. The predicted octanol–water partition coefficient (Wildman–Crippen LogP) is 4.04. The molecule has 2 aromatic carbocycles. The quantitative estimate of drug-likeness (QED) is 0.767.